The fraction of sp³-hybridized carbons (Fsp3) is 0.640. The van der Waals surface area contributed by atoms with E-state index in [1.807, 2.05) is 6.92 Å². The maximum absolute atomic E-state index is 13.3. The van der Waals surface area contributed by atoms with E-state index in [0.717, 1.165) is 38.5 Å². The van der Waals surface area contributed by atoms with Crippen LogP contribution in [0.5, 0.6) is 5.75 Å². The van der Waals surface area contributed by atoms with Crippen LogP contribution in [-0.2, 0) is 14.3 Å². The quantitative estimate of drug-likeness (QED) is 0.684. The van der Waals surface area contributed by atoms with Crippen molar-refractivity contribution < 1.29 is 23.9 Å². The van der Waals surface area contributed by atoms with Crippen LogP contribution in [0.25, 0.3) is 0 Å². The summed E-state index contributed by atoms with van der Waals surface area (Å²) in [7, 11) is 1.79. The topological polar surface area (TPSA) is 97.0 Å². The van der Waals surface area contributed by atoms with Gasteiger partial charge in [0.15, 0.2) is 0 Å². The Hall–Kier alpha value is -2.61. The monoisotopic (exact) mass is 457 g/mol. The highest BCUT2D eigenvalue weighted by Gasteiger charge is 2.39. The predicted octanol–water partition coefficient (Wildman–Crippen LogP) is 3.11. The largest absolute Gasteiger partial charge is 0.490 e. The molecule has 1 saturated heterocycles. The van der Waals surface area contributed by atoms with E-state index in [1.54, 1.807) is 30.1 Å². The zero-order valence-corrected chi connectivity index (χ0v) is 19.6. The van der Waals surface area contributed by atoms with E-state index < -0.39 is 0 Å². The van der Waals surface area contributed by atoms with Crippen LogP contribution < -0.4 is 15.4 Å². The van der Waals surface area contributed by atoms with Crippen LogP contribution in [0.4, 0.5) is 5.69 Å². The van der Waals surface area contributed by atoms with Gasteiger partial charge in [-0.3, -0.25) is 14.4 Å². The van der Waals surface area contributed by atoms with Gasteiger partial charge in [-0.1, -0.05) is 19.8 Å². The molecule has 4 rings (SSSR count). The smallest absolute Gasteiger partial charge is 0.257 e. The van der Waals surface area contributed by atoms with E-state index in [4.69, 9.17) is 9.47 Å². The van der Waals surface area contributed by atoms with Crippen LogP contribution in [0.2, 0.25) is 0 Å². The summed E-state index contributed by atoms with van der Waals surface area (Å²) < 4.78 is 12.2. The Bertz CT molecular complexity index is 883. The zero-order valence-electron chi connectivity index (χ0n) is 19.6. The minimum atomic E-state index is -0.299. The van der Waals surface area contributed by atoms with E-state index in [-0.39, 0.29) is 41.9 Å². The molecule has 3 aliphatic rings. The Labute approximate surface area is 195 Å². The second kappa shape index (κ2) is 10.5. The number of carbonyl (C=O) groups excluding carboxylic acids is 3. The summed E-state index contributed by atoms with van der Waals surface area (Å²) in [6.45, 7) is 2.99. The van der Waals surface area contributed by atoms with Crippen LogP contribution >= 0.6 is 0 Å². The standard InChI is InChI=1S/C25H35N3O5/c1-3-12-26-23(29)14-18-9-10-20-22(33-18)15-32-21-11-8-17(13-19(21)25(31)28(20)2)27-24(30)16-6-4-5-7-16/h8,11,13,16,18,20,22H,3-7,9-10,12,14-15H2,1-2H3,(H,26,29)(H,27,30)/t18-,20+,22-/m0/s1. The number of fused-ring (bicyclic) bond motifs is 2. The molecule has 1 aliphatic carbocycles. The lowest BCUT2D eigenvalue weighted by atomic mass is 9.94. The lowest BCUT2D eigenvalue weighted by Crippen LogP contribution is -2.54. The highest BCUT2D eigenvalue weighted by molar-refractivity contribution is 6.00. The van der Waals surface area contributed by atoms with E-state index >= 15 is 0 Å². The predicted molar refractivity (Wildman–Crippen MR) is 124 cm³/mol. The minimum absolute atomic E-state index is 0.00554. The van der Waals surface area contributed by atoms with Gasteiger partial charge in [-0.2, -0.15) is 0 Å². The minimum Gasteiger partial charge on any atom is -0.490 e. The van der Waals surface area contributed by atoms with Crippen molar-refractivity contribution in [3.05, 3.63) is 23.8 Å². The molecule has 2 aliphatic heterocycles. The first-order valence-corrected chi connectivity index (χ1v) is 12.2. The molecule has 0 spiro atoms. The molecule has 0 bridgehead atoms. The molecule has 3 amide bonds. The maximum Gasteiger partial charge on any atom is 0.257 e. The molecule has 0 aromatic heterocycles. The van der Waals surface area contributed by atoms with Gasteiger partial charge in [0.05, 0.1) is 24.1 Å². The van der Waals surface area contributed by atoms with Gasteiger partial charge >= 0.3 is 0 Å². The average Bonchev–Trinajstić information content (AvgIpc) is 3.36. The van der Waals surface area contributed by atoms with E-state index in [1.165, 1.54) is 0 Å². The fourth-order valence-electron chi connectivity index (χ4n) is 5.08. The van der Waals surface area contributed by atoms with Crippen LogP contribution in [0.15, 0.2) is 18.2 Å². The number of ether oxygens (including phenoxy) is 2. The molecule has 8 nitrogen and oxygen atoms in total. The van der Waals surface area contributed by atoms with Gasteiger partial charge in [0.25, 0.3) is 5.91 Å². The van der Waals surface area contributed by atoms with Crippen LogP contribution in [0, 0.1) is 5.92 Å². The fourth-order valence-corrected chi connectivity index (χ4v) is 5.08. The van der Waals surface area contributed by atoms with E-state index in [2.05, 4.69) is 10.6 Å². The Kier molecular flexibility index (Phi) is 7.53. The summed E-state index contributed by atoms with van der Waals surface area (Å²) in [5.74, 6) is 0.401. The number of hydrogen-bond donors (Lipinski definition) is 2. The molecule has 8 heteroatoms. The molecule has 2 fully saturated rings. The highest BCUT2D eigenvalue weighted by Crippen LogP contribution is 2.33. The summed E-state index contributed by atoms with van der Waals surface area (Å²) in [4.78, 5) is 39.7. The molecule has 2 N–H and O–H groups in total. The van der Waals surface area contributed by atoms with Crippen molar-refractivity contribution in [2.45, 2.75) is 76.5 Å². The maximum atomic E-state index is 13.3. The number of nitrogens with zero attached hydrogens (tertiary/aromatic N) is 1. The second-order valence-corrected chi connectivity index (χ2v) is 9.40. The molecule has 33 heavy (non-hydrogen) atoms. The zero-order chi connectivity index (χ0) is 23.4. The molecule has 2 heterocycles. The van der Waals surface area contributed by atoms with Crippen LogP contribution in [-0.4, -0.2) is 61.1 Å². The summed E-state index contributed by atoms with van der Waals surface area (Å²) in [6, 6.07) is 5.11. The number of rotatable bonds is 6. The Morgan fingerprint density at radius 3 is 2.70 bits per heavy atom. The first kappa shape index (κ1) is 23.5. The number of benzene rings is 1. The Morgan fingerprint density at radius 1 is 1.15 bits per heavy atom. The third-order valence-corrected chi connectivity index (χ3v) is 6.99. The summed E-state index contributed by atoms with van der Waals surface area (Å²) in [5, 5.41) is 5.87. The third-order valence-electron chi connectivity index (χ3n) is 6.99. The van der Waals surface area contributed by atoms with Gasteiger partial charge in [-0.15, -0.1) is 0 Å². The van der Waals surface area contributed by atoms with Crippen LogP contribution in [0.1, 0.15) is 68.6 Å². The van der Waals surface area contributed by atoms with Crippen molar-refractivity contribution in [3.8, 4) is 5.75 Å². The summed E-state index contributed by atoms with van der Waals surface area (Å²) in [5.41, 5.74) is 1.06. The first-order chi connectivity index (χ1) is 16.0. The lowest BCUT2D eigenvalue weighted by molar-refractivity contribution is -0.134. The summed E-state index contributed by atoms with van der Waals surface area (Å²) in [6.07, 6.45) is 6.22. The first-order valence-electron chi connectivity index (χ1n) is 12.2. The molecule has 1 aromatic rings. The van der Waals surface area contributed by atoms with E-state index in [0.29, 0.717) is 43.0 Å². The number of nitrogens with one attached hydrogen (secondary N) is 2. The van der Waals surface area contributed by atoms with Gasteiger partial charge in [0.1, 0.15) is 18.5 Å². The molecule has 0 unspecified atom stereocenters. The van der Waals surface area contributed by atoms with Gasteiger partial charge in [-0.25, -0.2) is 0 Å². The number of anilines is 1. The number of amides is 3. The number of carbonyl (C=O) groups is 3. The van der Waals surface area contributed by atoms with Crippen molar-refractivity contribution in [2.75, 3.05) is 25.5 Å². The number of hydrogen-bond acceptors (Lipinski definition) is 5. The van der Waals surface area contributed by atoms with Gasteiger partial charge in [-0.05, 0) is 50.3 Å². The molecule has 1 aromatic carbocycles. The molecule has 1 saturated carbocycles. The normalized spacial score (nSPS) is 25.3. The average molecular weight is 458 g/mol. The molecule has 3 atom stereocenters. The van der Waals surface area contributed by atoms with Gasteiger partial charge in [0, 0.05) is 25.2 Å². The Morgan fingerprint density at radius 2 is 1.94 bits per heavy atom. The van der Waals surface area contributed by atoms with Crippen molar-refractivity contribution in [2.24, 2.45) is 5.92 Å². The van der Waals surface area contributed by atoms with Crippen molar-refractivity contribution in [3.63, 3.8) is 0 Å². The second-order valence-electron chi connectivity index (χ2n) is 9.40. The SMILES string of the molecule is CCCNC(=O)C[C@@H]1CC[C@@H]2[C@H](COc3ccc(NC(=O)C4CCCC4)cc3C(=O)N2C)O1. The van der Waals surface area contributed by atoms with Crippen molar-refractivity contribution >= 4 is 23.4 Å². The molecule has 180 valence electrons. The molecular weight excluding hydrogens is 422 g/mol. The highest BCUT2D eigenvalue weighted by atomic mass is 16.5. The van der Waals surface area contributed by atoms with Gasteiger partial charge in [0.2, 0.25) is 11.8 Å². The van der Waals surface area contributed by atoms with Crippen molar-refractivity contribution in [1.29, 1.82) is 0 Å². The van der Waals surface area contributed by atoms with E-state index in [9.17, 15) is 14.4 Å². The molecular formula is C25H35N3O5. The third kappa shape index (κ3) is 5.49. The van der Waals surface area contributed by atoms with Crippen molar-refractivity contribution in [1.82, 2.24) is 10.2 Å². The number of likely N-dealkylation sites (N-methyl/N-ethyl adjacent to an activating group) is 1. The van der Waals surface area contributed by atoms with Gasteiger partial charge < -0.3 is 25.0 Å². The van der Waals surface area contributed by atoms with Crippen LogP contribution in [0.3, 0.4) is 0 Å². The molecule has 0 radical (unpaired) electrons. The summed E-state index contributed by atoms with van der Waals surface area (Å²) >= 11 is 0. The Balaban J connectivity index is 1.44. The lowest BCUT2D eigenvalue weighted by Gasteiger charge is -2.42.